The van der Waals surface area contributed by atoms with Crippen molar-refractivity contribution in [3.63, 3.8) is 0 Å². The number of nitrogens with zero attached hydrogens (tertiary/aromatic N) is 2. The summed E-state index contributed by atoms with van der Waals surface area (Å²) >= 11 is 5.87. The summed E-state index contributed by atoms with van der Waals surface area (Å²) in [7, 11) is 0. The van der Waals surface area contributed by atoms with Crippen LogP contribution in [-0.2, 0) is 11.2 Å². The van der Waals surface area contributed by atoms with Crippen LogP contribution in [-0.4, -0.2) is 18.2 Å². The van der Waals surface area contributed by atoms with Gasteiger partial charge in [-0.25, -0.2) is 0 Å². The highest BCUT2D eigenvalue weighted by Gasteiger charge is 2.28. The molecule has 0 saturated heterocycles. The van der Waals surface area contributed by atoms with E-state index in [9.17, 15) is 4.79 Å². The van der Waals surface area contributed by atoms with Crippen LogP contribution in [0, 0.1) is 0 Å². The Balaban J connectivity index is 1.84. The van der Waals surface area contributed by atoms with Crippen molar-refractivity contribution in [2.45, 2.75) is 26.3 Å². The van der Waals surface area contributed by atoms with Crippen molar-refractivity contribution in [2.75, 3.05) is 4.90 Å². The van der Waals surface area contributed by atoms with Gasteiger partial charge in [-0.2, -0.15) is 0 Å². The van der Waals surface area contributed by atoms with Gasteiger partial charge >= 0.3 is 0 Å². The number of halogens is 1. The van der Waals surface area contributed by atoms with Gasteiger partial charge in [-0.15, -0.1) is 0 Å². The molecule has 0 N–H and O–H groups in total. The molecule has 2 aromatic rings. The highest BCUT2D eigenvalue weighted by Crippen LogP contribution is 2.34. The number of benzene rings is 2. The van der Waals surface area contributed by atoms with Crippen LogP contribution in [0.4, 0.5) is 11.4 Å². The topological polar surface area (TPSA) is 32.7 Å². The first-order valence-corrected chi connectivity index (χ1v) is 7.65. The van der Waals surface area contributed by atoms with E-state index in [0.717, 1.165) is 23.4 Å². The summed E-state index contributed by atoms with van der Waals surface area (Å²) in [4.78, 5) is 18.1. The monoisotopic (exact) mass is 312 g/mol. The Kier molecular flexibility index (Phi) is 3.99. The largest absolute Gasteiger partial charge is 0.309 e. The normalized spacial score (nSPS) is 17.0. The Labute approximate surface area is 135 Å². The lowest BCUT2D eigenvalue weighted by atomic mass is 10.1. The van der Waals surface area contributed by atoms with Crippen LogP contribution >= 0.6 is 11.6 Å². The number of anilines is 1. The summed E-state index contributed by atoms with van der Waals surface area (Å²) in [6.07, 6.45) is 2.69. The van der Waals surface area contributed by atoms with Gasteiger partial charge in [0.05, 0.1) is 5.69 Å². The third-order valence-electron chi connectivity index (χ3n) is 3.85. The van der Waals surface area contributed by atoms with Crippen molar-refractivity contribution in [3.05, 3.63) is 58.6 Å². The van der Waals surface area contributed by atoms with Gasteiger partial charge in [0.15, 0.2) is 0 Å². The second-order valence-corrected chi connectivity index (χ2v) is 6.00. The fourth-order valence-corrected chi connectivity index (χ4v) is 3.00. The lowest BCUT2D eigenvalue weighted by molar-refractivity contribution is -0.116. The molecule has 1 unspecified atom stereocenters. The number of fused-ring (bicyclic) bond motifs is 1. The zero-order valence-corrected chi connectivity index (χ0v) is 13.3. The minimum Gasteiger partial charge on any atom is -0.309 e. The molecule has 2 aromatic carbocycles. The lowest BCUT2D eigenvalue weighted by Crippen LogP contribution is -2.33. The minimum atomic E-state index is 0.0867. The van der Waals surface area contributed by atoms with E-state index in [1.807, 2.05) is 47.5 Å². The third kappa shape index (κ3) is 2.90. The van der Waals surface area contributed by atoms with Gasteiger partial charge in [0.2, 0.25) is 5.91 Å². The predicted molar refractivity (Wildman–Crippen MR) is 91.5 cm³/mol. The Morgan fingerprint density at radius 2 is 2.00 bits per heavy atom. The van der Waals surface area contributed by atoms with Crippen LogP contribution in [0.3, 0.4) is 0 Å². The highest BCUT2D eigenvalue weighted by molar-refractivity contribution is 6.30. The number of carbonyl (C=O) groups is 1. The number of carbonyl (C=O) groups excluding carboxylic acids is 1. The lowest BCUT2D eigenvalue weighted by Gasteiger charge is -2.20. The summed E-state index contributed by atoms with van der Waals surface area (Å²) in [5.74, 6) is 0.0867. The van der Waals surface area contributed by atoms with E-state index in [0.29, 0.717) is 5.02 Å². The molecule has 0 fully saturated rings. The maximum Gasteiger partial charge on any atom is 0.224 e. The van der Waals surface area contributed by atoms with Crippen molar-refractivity contribution in [2.24, 2.45) is 4.99 Å². The number of rotatable bonds is 2. The van der Waals surface area contributed by atoms with Crippen molar-refractivity contribution < 1.29 is 4.79 Å². The molecule has 112 valence electrons. The van der Waals surface area contributed by atoms with E-state index in [1.54, 1.807) is 6.92 Å². The van der Waals surface area contributed by atoms with Crippen molar-refractivity contribution >= 4 is 35.1 Å². The van der Waals surface area contributed by atoms with Crippen molar-refractivity contribution in [3.8, 4) is 0 Å². The maximum absolute atomic E-state index is 11.7. The fourth-order valence-electron chi connectivity index (χ4n) is 2.88. The Hall–Kier alpha value is -2.13. The van der Waals surface area contributed by atoms with Gasteiger partial charge < -0.3 is 4.90 Å². The van der Waals surface area contributed by atoms with Gasteiger partial charge in [0.25, 0.3) is 0 Å². The highest BCUT2D eigenvalue weighted by atomic mass is 35.5. The fraction of sp³-hybridized carbons (Fsp3) is 0.222. The molecule has 1 atom stereocenters. The van der Waals surface area contributed by atoms with Crippen LogP contribution in [0.5, 0.6) is 0 Å². The van der Waals surface area contributed by atoms with Crippen LogP contribution < -0.4 is 4.90 Å². The molecule has 3 rings (SSSR count). The maximum atomic E-state index is 11.7. The molecule has 4 heteroatoms. The molecule has 0 bridgehead atoms. The average molecular weight is 313 g/mol. The van der Waals surface area contributed by atoms with E-state index < -0.39 is 0 Å². The quantitative estimate of drug-likeness (QED) is 0.757. The molecule has 22 heavy (non-hydrogen) atoms. The summed E-state index contributed by atoms with van der Waals surface area (Å²) in [6, 6.07) is 13.7. The SMILES string of the molecule is CC(=O)N1c2ccc(N=Cc3ccc(Cl)cc3)cc2CC1C. The first-order chi connectivity index (χ1) is 10.5. The molecule has 3 nitrogen and oxygen atoms in total. The minimum absolute atomic E-state index is 0.0867. The second-order valence-electron chi connectivity index (χ2n) is 5.56. The van der Waals surface area contributed by atoms with E-state index in [2.05, 4.69) is 18.0 Å². The van der Waals surface area contributed by atoms with Gasteiger partial charge in [-0.1, -0.05) is 23.7 Å². The molecular weight excluding hydrogens is 296 g/mol. The molecule has 1 amide bonds. The first-order valence-electron chi connectivity index (χ1n) is 7.27. The van der Waals surface area contributed by atoms with Crippen molar-refractivity contribution in [1.82, 2.24) is 0 Å². The van der Waals surface area contributed by atoms with Crippen LogP contribution in [0.2, 0.25) is 5.02 Å². The average Bonchev–Trinajstić information content (AvgIpc) is 2.81. The Morgan fingerprint density at radius 1 is 1.27 bits per heavy atom. The second kappa shape index (κ2) is 5.93. The zero-order valence-electron chi connectivity index (χ0n) is 12.6. The standard InChI is InChI=1S/C18H17ClN2O/c1-12-9-15-10-17(7-8-18(15)21(12)13(2)22)20-11-14-3-5-16(19)6-4-14/h3-8,10-12H,9H2,1-2H3. The molecule has 0 aromatic heterocycles. The molecule has 1 aliphatic rings. The molecule has 0 spiro atoms. The summed E-state index contributed by atoms with van der Waals surface area (Å²) < 4.78 is 0. The Bertz CT molecular complexity index is 737. The Morgan fingerprint density at radius 3 is 2.68 bits per heavy atom. The number of aliphatic imine (C=N–C) groups is 1. The van der Waals surface area contributed by atoms with E-state index in [-0.39, 0.29) is 11.9 Å². The number of amides is 1. The van der Waals surface area contributed by atoms with E-state index in [1.165, 1.54) is 5.56 Å². The first kappa shape index (κ1) is 14.8. The summed E-state index contributed by atoms with van der Waals surface area (Å²) in [5, 5.41) is 0.716. The smallest absolute Gasteiger partial charge is 0.224 e. The molecule has 1 heterocycles. The molecule has 1 aliphatic heterocycles. The third-order valence-corrected chi connectivity index (χ3v) is 4.10. The van der Waals surface area contributed by atoms with Crippen LogP contribution in [0.15, 0.2) is 47.5 Å². The van der Waals surface area contributed by atoms with Crippen molar-refractivity contribution in [1.29, 1.82) is 0 Å². The molecule has 0 aliphatic carbocycles. The number of hydrogen-bond donors (Lipinski definition) is 0. The number of hydrogen-bond acceptors (Lipinski definition) is 2. The van der Waals surface area contributed by atoms with Gasteiger partial charge in [-0.3, -0.25) is 9.79 Å². The van der Waals surface area contributed by atoms with Crippen LogP contribution in [0.25, 0.3) is 0 Å². The molecule has 0 radical (unpaired) electrons. The molecule has 0 saturated carbocycles. The predicted octanol–water partition coefficient (Wildman–Crippen LogP) is 4.39. The van der Waals surface area contributed by atoms with E-state index in [4.69, 9.17) is 11.6 Å². The van der Waals surface area contributed by atoms with Crippen LogP contribution in [0.1, 0.15) is 25.0 Å². The van der Waals surface area contributed by atoms with E-state index >= 15 is 0 Å². The van der Waals surface area contributed by atoms with Gasteiger partial charge in [0.1, 0.15) is 0 Å². The molecular formula is C18H17ClN2O. The summed E-state index contributed by atoms with van der Waals surface area (Å²) in [5.41, 5.74) is 4.08. The zero-order chi connectivity index (χ0) is 15.7. The van der Waals surface area contributed by atoms with Gasteiger partial charge in [-0.05, 0) is 54.8 Å². The van der Waals surface area contributed by atoms with Gasteiger partial charge in [0, 0.05) is 29.9 Å². The summed E-state index contributed by atoms with van der Waals surface area (Å²) in [6.45, 7) is 3.68.